The molecule has 0 unspecified atom stereocenters. The summed E-state index contributed by atoms with van der Waals surface area (Å²) >= 11 is 0. The molecule has 0 radical (unpaired) electrons. The molecular formula is C19H20FN3O3. The maximum absolute atomic E-state index is 13.9. The first-order chi connectivity index (χ1) is 12.5. The number of nitro benzene ring substituents is 1. The van der Waals surface area contributed by atoms with Gasteiger partial charge in [-0.1, -0.05) is 18.2 Å². The summed E-state index contributed by atoms with van der Waals surface area (Å²) in [4.78, 5) is 24.3. The topological polar surface area (TPSA) is 75.5 Å². The molecule has 0 spiro atoms. The first-order valence-electron chi connectivity index (χ1n) is 8.56. The van der Waals surface area contributed by atoms with Gasteiger partial charge in [-0.3, -0.25) is 14.9 Å². The smallest absolute Gasteiger partial charge is 0.272 e. The minimum atomic E-state index is -0.629. The van der Waals surface area contributed by atoms with E-state index < -0.39 is 10.7 Å². The molecule has 1 saturated heterocycles. The van der Waals surface area contributed by atoms with Crippen LogP contribution < -0.4 is 5.32 Å². The number of carbonyl (C=O) groups is 1. The van der Waals surface area contributed by atoms with Crippen LogP contribution in [0.15, 0.2) is 48.5 Å². The number of amides is 1. The van der Waals surface area contributed by atoms with Crippen molar-refractivity contribution in [2.45, 2.75) is 12.8 Å². The predicted octanol–water partition coefficient (Wildman–Crippen LogP) is 3.70. The van der Waals surface area contributed by atoms with Crippen molar-refractivity contribution in [3.05, 3.63) is 70.0 Å². The zero-order chi connectivity index (χ0) is 18.5. The van der Waals surface area contributed by atoms with Gasteiger partial charge in [0, 0.05) is 31.3 Å². The van der Waals surface area contributed by atoms with E-state index >= 15 is 0 Å². The van der Waals surface area contributed by atoms with Gasteiger partial charge in [0.2, 0.25) is 0 Å². The second-order valence-corrected chi connectivity index (χ2v) is 6.40. The molecule has 26 heavy (non-hydrogen) atoms. The molecule has 0 bridgehead atoms. The third kappa shape index (κ3) is 4.17. The van der Waals surface area contributed by atoms with Crippen molar-refractivity contribution in [2.24, 2.45) is 5.92 Å². The zero-order valence-corrected chi connectivity index (χ0v) is 14.2. The molecular weight excluding hydrogens is 337 g/mol. The Balaban J connectivity index is 1.50. The van der Waals surface area contributed by atoms with Gasteiger partial charge in [-0.05, 0) is 37.0 Å². The van der Waals surface area contributed by atoms with Gasteiger partial charge in [-0.15, -0.1) is 0 Å². The largest absolute Gasteiger partial charge is 0.382 e. The molecule has 3 rings (SSSR count). The molecule has 1 amide bonds. The van der Waals surface area contributed by atoms with E-state index in [1.165, 1.54) is 12.1 Å². The lowest BCUT2D eigenvalue weighted by molar-refractivity contribution is -0.385. The SMILES string of the molecule is O=C(c1ccccc1)N1CCC(CNc2ccc([N+](=O)[O-])cc2F)CC1. The normalized spacial score (nSPS) is 14.9. The molecule has 2 aromatic rings. The predicted molar refractivity (Wildman–Crippen MR) is 96.6 cm³/mol. The maximum atomic E-state index is 13.9. The molecule has 0 atom stereocenters. The number of nitrogens with zero attached hydrogens (tertiary/aromatic N) is 2. The summed E-state index contributed by atoms with van der Waals surface area (Å²) in [7, 11) is 0. The molecule has 136 valence electrons. The van der Waals surface area contributed by atoms with E-state index in [9.17, 15) is 19.3 Å². The van der Waals surface area contributed by atoms with Crippen LogP contribution in [-0.4, -0.2) is 35.4 Å². The minimum absolute atomic E-state index is 0.0402. The summed E-state index contributed by atoms with van der Waals surface area (Å²) in [5, 5.41) is 13.7. The van der Waals surface area contributed by atoms with Crippen molar-refractivity contribution in [2.75, 3.05) is 25.0 Å². The molecule has 0 aliphatic carbocycles. The molecule has 1 aliphatic heterocycles. The van der Waals surface area contributed by atoms with Gasteiger partial charge in [0.15, 0.2) is 5.82 Å². The number of hydrogen-bond acceptors (Lipinski definition) is 4. The average molecular weight is 357 g/mol. The van der Waals surface area contributed by atoms with Gasteiger partial charge in [-0.25, -0.2) is 4.39 Å². The Morgan fingerprint density at radius 2 is 1.88 bits per heavy atom. The number of non-ortho nitro benzene ring substituents is 1. The highest BCUT2D eigenvalue weighted by Crippen LogP contribution is 2.23. The Bertz CT molecular complexity index is 790. The summed E-state index contributed by atoms with van der Waals surface area (Å²) < 4.78 is 13.9. The lowest BCUT2D eigenvalue weighted by atomic mass is 9.96. The lowest BCUT2D eigenvalue weighted by Crippen LogP contribution is -2.39. The Labute approximate surface area is 150 Å². The summed E-state index contributed by atoms with van der Waals surface area (Å²) in [6.45, 7) is 1.91. The van der Waals surface area contributed by atoms with Crippen LogP contribution in [0.5, 0.6) is 0 Å². The third-order valence-corrected chi connectivity index (χ3v) is 4.67. The fourth-order valence-corrected chi connectivity index (χ4v) is 3.12. The summed E-state index contributed by atoms with van der Waals surface area (Å²) in [6, 6.07) is 12.8. The van der Waals surface area contributed by atoms with E-state index in [0.29, 0.717) is 31.1 Å². The van der Waals surface area contributed by atoms with Gasteiger partial charge >= 0.3 is 0 Å². The number of benzene rings is 2. The molecule has 1 aliphatic rings. The summed E-state index contributed by atoms with van der Waals surface area (Å²) in [5.74, 6) is -0.265. The van der Waals surface area contributed by atoms with E-state index in [1.807, 2.05) is 35.2 Å². The fraction of sp³-hybridized carbons (Fsp3) is 0.316. The number of hydrogen-bond donors (Lipinski definition) is 1. The Hall–Kier alpha value is -2.96. The van der Waals surface area contributed by atoms with Crippen LogP contribution in [0.3, 0.4) is 0 Å². The summed E-state index contributed by atoms with van der Waals surface area (Å²) in [6.07, 6.45) is 1.67. The number of piperidine rings is 1. The first kappa shape index (κ1) is 17.8. The van der Waals surface area contributed by atoms with E-state index in [-0.39, 0.29) is 17.3 Å². The Morgan fingerprint density at radius 1 is 1.19 bits per heavy atom. The van der Waals surface area contributed by atoms with Crippen LogP contribution in [0.4, 0.5) is 15.8 Å². The monoisotopic (exact) mass is 357 g/mol. The standard InChI is InChI=1S/C19H20FN3O3/c20-17-12-16(23(25)26)6-7-18(17)21-13-14-8-10-22(11-9-14)19(24)15-4-2-1-3-5-15/h1-7,12,14,21H,8-11,13H2. The van der Waals surface area contributed by atoms with Crippen molar-refractivity contribution in [3.8, 4) is 0 Å². The van der Waals surface area contributed by atoms with Crippen molar-refractivity contribution >= 4 is 17.3 Å². The number of nitrogens with one attached hydrogen (secondary N) is 1. The summed E-state index contributed by atoms with van der Waals surface area (Å²) in [5.41, 5.74) is 0.691. The van der Waals surface area contributed by atoms with Crippen LogP contribution in [0.25, 0.3) is 0 Å². The molecule has 1 heterocycles. The van der Waals surface area contributed by atoms with Gasteiger partial charge in [-0.2, -0.15) is 0 Å². The third-order valence-electron chi connectivity index (χ3n) is 4.67. The quantitative estimate of drug-likeness (QED) is 0.654. The molecule has 6 nitrogen and oxygen atoms in total. The highest BCUT2D eigenvalue weighted by molar-refractivity contribution is 5.94. The fourth-order valence-electron chi connectivity index (χ4n) is 3.12. The van der Waals surface area contributed by atoms with Gasteiger partial charge < -0.3 is 10.2 Å². The van der Waals surface area contributed by atoms with Crippen molar-refractivity contribution in [1.29, 1.82) is 0 Å². The van der Waals surface area contributed by atoms with Gasteiger partial charge in [0.25, 0.3) is 11.6 Å². The zero-order valence-electron chi connectivity index (χ0n) is 14.2. The number of nitro groups is 1. The number of rotatable bonds is 5. The Morgan fingerprint density at radius 3 is 2.50 bits per heavy atom. The number of likely N-dealkylation sites (tertiary alicyclic amines) is 1. The highest BCUT2D eigenvalue weighted by Gasteiger charge is 2.23. The van der Waals surface area contributed by atoms with Crippen LogP contribution >= 0.6 is 0 Å². The van der Waals surface area contributed by atoms with E-state index in [1.54, 1.807) is 0 Å². The molecule has 1 N–H and O–H groups in total. The Kier molecular flexibility index (Phi) is 5.46. The van der Waals surface area contributed by atoms with Crippen molar-refractivity contribution < 1.29 is 14.1 Å². The molecule has 2 aromatic carbocycles. The van der Waals surface area contributed by atoms with E-state index in [4.69, 9.17) is 0 Å². The van der Waals surface area contributed by atoms with Crippen LogP contribution in [-0.2, 0) is 0 Å². The second kappa shape index (κ2) is 7.95. The highest BCUT2D eigenvalue weighted by atomic mass is 19.1. The van der Waals surface area contributed by atoms with E-state index in [0.717, 1.165) is 18.9 Å². The van der Waals surface area contributed by atoms with Crippen LogP contribution in [0, 0.1) is 21.8 Å². The van der Waals surface area contributed by atoms with E-state index in [2.05, 4.69) is 5.32 Å². The lowest BCUT2D eigenvalue weighted by Gasteiger charge is -2.32. The van der Waals surface area contributed by atoms with Gasteiger partial charge in [0.05, 0.1) is 16.7 Å². The molecule has 7 heteroatoms. The molecule has 1 fully saturated rings. The molecule has 0 saturated carbocycles. The van der Waals surface area contributed by atoms with Crippen LogP contribution in [0.1, 0.15) is 23.2 Å². The number of carbonyl (C=O) groups excluding carboxylic acids is 1. The average Bonchev–Trinajstić information content (AvgIpc) is 2.67. The number of anilines is 1. The first-order valence-corrected chi connectivity index (χ1v) is 8.56. The second-order valence-electron chi connectivity index (χ2n) is 6.40. The molecule has 0 aromatic heterocycles. The van der Waals surface area contributed by atoms with Crippen molar-refractivity contribution in [1.82, 2.24) is 4.90 Å². The maximum Gasteiger partial charge on any atom is 0.272 e. The van der Waals surface area contributed by atoms with Crippen molar-refractivity contribution in [3.63, 3.8) is 0 Å². The minimum Gasteiger partial charge on any atom is -0.382 e. The van der Waals surface area contributed by atoms with Gasteiger partial charge in [0.1, 0.15) is 0 Å². The van der Waals surface area contributed by atoms with Crippen LogP contribution in [0.2, 0.25) is 0 Å². The number of halogens is 1.